The fraction of sp³-hybridized carbons (Fsp3) is 0.517. The summed E-state index contributed by atoms with van der Waals surface area (Å²) in [7, 11) is 0. The number of nitrogens with one attached hydrogen (secondary N) is 1. The van der Waals surface area contributed by atoms with Gasteiger partial charge in [0.15, 0.2) is 5.78 Å². The fourth-order valence-electron chi connectivity index (χ4n) is 7.38. The summed E-state index contributed by atoms with van der Waals surface area (Å²) in [6.07, 6.45) is 5.03. The molecular formula is C29H33NO4. The monoisotopic (exact) mass is 459 g/mol. The zero-order valence-electron chi connectivity index (χ0n) is 20.1. The molecule has 0 radical (unpaired) electrons. The highest BCUT2D eigenvalue weighted by Crippen LogP contribution is 2.66. The molecule has 6 atom stereocenters. The van der Waals surface area contributed by atoms with Gasteiger partial charge in [0.2, 0.25) is 5.91 Å². The predicted octanol–water partition coefficient (Wildman–Crippen LogP) is 4.27. The third-order valence-electron chi connectivity index (χ3n) is 8.88. The number of anilines is 1. The Labute approximate surface area is 201 Å². The van der Waals surface area contributed by atoms with E-state index in [1.165, 1.54) is 18.1 Å². The number of ketones is 1. The molecule has 4 aliphatic carbocycles. The molecule has 0 saturated heterocycles. The van der Waals surface area contributed by atoms with Gasteiger partial charge in [0.25, 0.3) is 0 Å². The summed E-state index contributed by atoms with van der Waals surface area (Å²) in [6, 6.07) is 7.92. The maximum atomic E-state index is 12.2. The van der Waals surface area contributed by atoms with Crippen LogP contribution in [0.4, 0.5) is 5.69 Å². The van der Waals surface area contributed by atoms with Crippen molar-refractivity contribution in [3.05, 3.63) is 52.6 Å². The van der Waals surface area contributed by atoms with Gasteiger partial charge in [0.05, 0.1) is 6.10 Å². The molecule has 1 aromatic rings. The minimum absolute atomic E-state index is 0.00228. The van der Waals surface area contributed by atoms with Crippen LogP contribution in [0.3, 0.4) is 0 Å². The minimum atomic E-state index is -1.09. The Hall–Kier alpha value is -2.68. The molecule has 178 valence electrons. The first-order chi connectivity index (χ1) is 16.2. The van der Waals surface area contributed by atoms with Crippen LogP contribution in [0, 0.1) is 29.1 Å². The molecule has 5 nitrogen and oxygen atoms in total. The average Bonchev–Trinajstić information content (AvgIpc) is 3.03. The van der Waals surface area contributed by atoms with Crippen LogP contribution in [0.2, 0.25) is 0 Å². The highest BCUT2D eigenvalue weighted by Gasteiger charge is 2.64. The summed E-state index contributed by atoms with van der Waals surface area (Å²) >= 11 is 0. The molecule has 0 aliphatic heterocycles. The van der Waals surface area contributed by atoms with Gasteiger partial charge in [-0.3, -0.25) is 9.59 Å². The van der Waals surface area contributed by atoms with Crippen molar-refractivity contribution in [2.75, 3.05) is 5.32 Å². The molecule has 3 N–H and O–H groups in total. The van der Waals surface area contributed by atoms with E-state index in [-0.39, 0.29) is 29.4 Å². The third-order valence-corrected chi connectivity index (χ3v) is 8.88. The van der Waals surface area contributed by atoms with E-state index in [1.807, 2.05) is 24.3 Å². The fourth-order valence-corrected chi connectivity index (χ4v) is 7.38. The summed E-state index contributed by atoms with van der Waals surface area (Å²) in [5.74, 6) is 6.19. The summed E-state index contributed by atoms with van der Waals surface area (Å²) in [5, 5.41) is 26.0. The van der Waals surface area contributed by atoms with Crippen molar-refractivity contribution in [3.8, 4) is 11.8 Å². The molecule has 1 amide bonds. The normalized spacial score (nSPS) is 36.5. The van der Waals surface area contributed by atoms with Crippen LogP contribution in [-0.2, 0) is 9.59 Å². The van der Waals surface area contributed by atoms with E-state index in [4.69, 9.17) is 0 Å². The Kier molecular flexibility index (Phi) is 5.58. The van der Waals surface area contributed by atoms with Crippen molar-refractivity contribution in [2.45, 2.75) is 76.9 Å². The summed E-state index contributed by atoms with van der Waals surface area (Å²) < 4.78 is 0. The Bertz CT molecular complexity index is 1170. The van der Waals surface area contributed by atoms with Gasteiger partial charge in [-0.25, -0.2) is 0 Å². The number of benzene rings is 1. The molecule has 0 heterocycles. The Morgan fingerprint density at radius 3 is 2.62 bits per heavy atom. The van der Waals surface area contributed by atoms with Gasteiger partial charge in [-0.05, 0) is 79.9 Å². The number of fused-ring (bicyclic) bond motifs is 4. The number of rotatable bonds is 2. The van der Waals surface area contributed by atoms with Crippen LogP contribution in [0.15, 0.2) is 47.1 Å². The molecule has 34 heavy (non-hydrogen) atoms. The van der Waals surface area contributed by atoms with E-state index < -0.39 is 17.1 Å². The second-order valence-electron chi connectivity index (χ2n) is 10.7. The average molecular weight is 460 g/mol. The van der Waals surface area contributed by atoms with Crippen molar-refractivity contribution in [3.63, 3.8) is 0 Å². The van der Waals surface area contributed by atoms with Gasteiger partial charge in [0.1, 0.15) is 5.60 Å². The van der Waals surface area contributed by atoms with Gasteiger partial charge >= 0.3 is 0 Å². The van der Waals surface area contributed by atoms with E-state index in [0.717, 1.165) is 29.7 Å². The number of hydrogen-bond donors (Lipinski definition) is 3. The second-order valence-corrected chi connectivity index (χ2v) is 10.7. The molecule has 1 aromatic carbocycles. The zero-order chi connectivity index (χ0) is 24.3. The van der Waals surface area contributed by atoms with E-state index >= 15 is 0 Å². The van der Waals surface area contributed by atoms with Gasteiger partial charge in [-0.2, -0.15) is 0 Å². The first-order valence-corrected chi connectivity index (χ1v) is 12.4. The van der Waals surface area contributed by atoms with Gasteiger partial charge < -0.3 is 15.5 Å². The first kappa shape index (κ1) is 23.1. The maximum Gasteiger partial charge on any atom is 0.221 e. The number of aliphatic hydroxyl groups excluding tert-OH is 1. The van der Waals surface area contributed by atoms with Gasteiger partial charge in [0, 0.05) is 36.3 Å². The van der Waals surface area contributed by atoms with E-state index in [2.05, 4.69) is 24.1 Å². The van der Waals surface area contributed by atoms with Crippen LogP contribution in [0.5, 0.6) is 0 Å². The lowest BCUT2D eigenvalue weighted by Crippen LogP contribution is -2.53. The molecule has 0 bridgehead atoms. The standard InChI is InChI=1S/C29H33NO4/c1-4-12-29(34)13-11-24-27-25(33)15-19-14-21(32)9-10-22(19)26(27)23(16-28(24,29)3)18-5-7-20(8-6-18)30-17(2)31/h5-8,14,23-25,27,33-34H,9-11,13,15-16H2,1-3H3,(H,30,31)/t23-,24+,25+,27-,28+,29+/m1/s1. The van der Waals surface area contributed by atoms with Gasteiger partial charge in [-0.1, -0.05) is 30.6 Å². The molecule has 2 fully saturated rings. The molecule has 2 saturated carbocycles. The van der Waals surface area contributed by atoms with Crippen LogP contribution in [0.1, 0.15) is 70.8 Å². The van der Waals surface area contributed by atoms with E-state index in [9.17, 15) is 19.8 Å². The number of aliphatic hydroxyl groups is 2. The van der Waals surface area contributed by atoms with E-state index in [0.29, 0.717) is 25.7 Å². The minimum Gasteiger partial charge on any atom is -0.392 e. The van der Waals surface area contributed by atoms with Gasteiger partial charge in [-0.15, -0.1) is 5.92 Å². The van der Waals surface area contributed by atoms with Crippen LogP contribution >= 0.6 is 0 Å². The smallest absolute Gasteiger partial charge is 0.221 e. The molecule has 5 rings (SSSR count). The molecular weight excluding hydrogens is 426 g/mol. The summed E-state index contributed by atoms with van der Waals surface area (Å²) in [4.78, 5) is 23.7. The lowest BCUT2D eigenvalue weighted by Gasteiger charge is -2.55. The van der Waals surface area contributed by atoms with E-state index in [1.54, 1.807) is 13.0 Å². The number of carbonyl (C=O) groups excluding carboxylic acids is 2. The lowest BCUT2D eigenvalue weighted by molar-refractivity contribution is -0.115. The molecule has 4 aliphatic rings. The molecule has 0 unspecified atom stereocenters. The Balaban J connectivity index is 1.67. The largest absolute Gasteiger partial charge is 0.392 e. The van der Waals surface area contributed by atoms with Crippen molar-refractivity contribution >= 4 is 17.4 Å². The second kappa shape index (κ2) is 8.22. The van der Waals surface area contributed by atoms with Crippen LogP contribution in [0.25, 0.3) is 0 Å². The topological polar surface area (TPSA) is 86.6 Å². The van der Waals surface area contributed by atoms with Crippen LogP contribution < -0.4 is 5.32 Å². The third kappa shape index (κ3) is 3.47. The quantitative estimate of drug-likeness (QED) is 0.577. The lowest BCUT2D eigenvalue weighted by atomic mass is 9.50. The summed E-state index contributed by atoms with van der Waals surface area (Å²) in [5.41, 5.74) is 3.77. The Morgan fingerprint density at radius 1 is 1.21 bits per heavy atom. The number of allylic oxidation sites excluding steroid dienone is 2. The molecule has 5 heteroatoms. The number of amides is 1. The Morgan fingerprint density at radius 2 is 1.94 bits per heavy atom. The number of carbonyl (C=O) groups is 2. The highest BCUT2D eigenvalue weighted by molar-refractivity contribution is 5.93. The number of hydrogen-bond acceptors (Lipinski definition) is 4. The van der Waals surface area contributed by atoms with Crippen LogP contribution in [-0.4, -0.2) is 33.6 Å². The predicted molar refractivity (Wildman–Crippen MR) is 131 cm³/mol. The first-order valence-electron chi connectivity index (χ1n) is 12.4. The van der Waals surface area contributed by atoms with Crippen molar-refractivity contribution in [1.82, 2.24) is 0 Å². The zero-order valence-corrected chi connectivity index (χ0v) is 20.1. The van der Waals surface area contributed by atoms with Crippen molar-refractivity contribution < 1.29 is 19.8 Å². The van der Waals surface area contributed by atoms with Crippen molar-refractivity contribution in [2.24, 2.45) is 17.3 Å². The maximum absolute atomic E-state index is 12.2. The summed E-state index contributed by atoms with van der Waals surface area (Å²) in [6.45, 7) is 5.41. The SMILES string of the molecule is CC#C[C@]1(O)CC[C@H]2[C@H]3C(=C4CCC(=O)C=C4C[C@@H]3O)[C@@H](c3ccc(NC(C)=O)cc3)C[C@@]21C. The van der Waals surface area contributed by atoms with Crippen molar-refractivity contribution in [1.29, 1.82) is 0 Å². The molecule has 0 spiro atoms. The molecule has 0 aromatic heterocycles. The highest BCUT2D eigenvalue weighted by atomic mass is 16.3.